The molecule has 146 valence electrons. The molecule has 3 aromatic heterocycles. The summed E-state index contributed by atoms with van der Waals surface area (Å²) in [5.41, 5.74) is 1.19. The zero-order chi connectivity index (χ0) is 22.3. The third-order valence-corrected chi connectivity index (χ3v) is 5.07. The van der Waals surface area contributed by atoms with Crippen LogP contribution in [0.5, 0.6) is 0 Å². The Morgan fingerprint density at radius 1 is 1.46 bits per heavy atom. The van der Waals surface area contributed by atoms with Gasteiger partial charge in [-0.15, -0.1) is 0 Å². The molecule has 1 amide bonds. The summed E-state index contributed by atoms with van der Waals surface area (Å²) < 4.78 is 30.7. The molecule has 28 heavy (non-hydrogen) atoms. The van der Waals surface area contributed by atoms with Crippen LogP contribution in [0.4, 0.5) is 11.4 Å². The average molecular weight is 405 g/mol. The second-order valence-corrected chi connectivity index (χ2v) is 6.98. The number of hydrogen-bond acceptors (Lipinski definition) is 5. The third kappa shape index (κ3) is 3.14. The molecular weight excluding hydrogens is 382 g/mol. The second kappa shape index (κ2) is 7.29. The Balaban J connectivity index is 1.79. The normalized spacial score (nSPS) is 18.5. The fourth-order valence-corrected chi connectivity index (χ4v) is 3.62. The van der Waals surface area contributed by atoms with E-state index in [1.807, 2.05) is 11.4 Å². The number of aryl methyl sites for hydroxylation is 1. The quantitative estimate of drug-likeness (QED) is 0.652. The molecule has 8 nitrogen and oxygen atoms in total. The highest BCUT2D eigenvalue weighted by atomic mass is 35.5. The topological polar surface area (TPSA) is 90.2 Å². The van der Waals surface area contributed by atoms with E-state index in [2.05, 4.69) is 10.3 Å². The predicted octanol–water partition coefficient (Wildman–Crippen LogP) is 2.45. The number of anilines is 2. The van der Waals surface area contributed by atoms with Crippen molar-refractivity contribution in [1.29, 1.82) is 0 Å². The van der Waals surface area contributed by atoms with E-state index in [1.165, 1.54) is 12.3 Å². The van der Waals surface area contributed by atoms with E-state index in [-0.39, 0.29) is 28.0 Å². The molecule has 2 N–H and O–H groups in total. The first-order chi connectivity index (χ1) is 14.6. The van der Waals surface area contributed by atoms with Crippen LogP contribution < -0.4 is 16.2 Å². The van der Waals surface area contributed by atoms with E-state index < -0.39 is 12.9 Å². The number of hydrogen-bond donors (Lipinski definition) is 2. The Hall–Kier alpha value is -2.84. The van der Waals surface area contributed by atoms with E-state index in [0.717, 1.165) is 6.42 Å². The minimum Gasteiger partial charge on any atom is -0.379 e. The molecule has 1 atom stereocenters. The first kappa shape index (κ1) is 15.1. The summed E-state index contributed by atoms with van der Waals surface area (Å²) in [6, 6.07) is 3.21. The average Bonchev–Trinajstić information content (AvgIpc) is 3.30. The summed E-state index contributed by atoms with van der Waals surface area (Å²) in [4.78, 5) is 29.6. The highest BCUT2D eigenvalue weighted by Gasteiger charge is 2.22. The van der Waals surface area contributed by atoms with Crippen molar-refractivity contribution in [3.8, 4) is 0 Å². The monoisotopic (exact) mass is 404 g/mol. The van der Waals surface area contributed by atoms with Crippen molar-refractivity contribution >= 4 is 39.8 Å². The lowest BCUT2D eigenvalue weighted by Gasteiger charge is -2.13. The Labute approximate surface area is 170 Å². The zero-order valence-electron chi connectivity index (χ0n) is 18.0. The van der Waals surface area contributed by atoms with Crippen LogP contribution in [-0.4, -0.2) is 40.2 Å². The molecule has 4 heterocycles. The Bertz CT molecular complexity index is 1210. The molecule has 1 saturated heterocycles. The largest absolute Gasteiger partial charge is 0.379 e. The van der Waals surface area contributed by atoms with Gasteiger partial charge in [-0.1, -0.05) is 11.6 Å². The maximum Gasteiger partial charge on any atom is 0.262 e. The number of carbonyl (C=O) groups is 1. The second-order valence-electron chi connectivity index (χ2n) is 6.59. The number of nitrogens with zero attached hydrogens (tertiary/aromatic N) is 3. The smallest absolute Gasteiger partial charge is 0.262 e. The van der Waals surface area contributed by atoms with Gasteiger partial charge in [0.05, 0.1) is 40.5 Å². The van der Waals surface area contributed by atoms with Crippen LogP contribution in [0.25, 0.3) is 10.9 Å². The van der Waals surface area contributed by atoms with Crippen molar-refractivity contribution in [3.05, 3.63) is 51.8 Å². The van der Waals surface area contributed by atoms with Gasteiger partial charge in [0.2, 0.25) is 0 Å². The molecule has 9 heteroatoms. The number of amides is 1. The molecule has 1 fully saturated rings. The molecule has 0 saturated carbocycles. The van der Waals surface area contributed by atoms with Gasteiger partial charge in [-0.2, -0.15) is 0 Å². The molecule has 1 aliphatic heterocycles. The fourth-order valence-electron chi connectivity index (χ4n) is 3.47. The van der Waals surface area contributed by atoms with Crippen LogP contribution in [0.15, 0.2) is 35.5 Å². The number of rotatable bonds is 4. The van der Waals surface area contributed by atoms with E-state index in [0.29, 0.717) is 29.8 Å². The van der Waals surface area contributed by atoms with Crippen LogP contribution in [0, 0.1) is 0 Å². The van der Waals surface area contributed by atoms with Gasteiger partial charge >= 0.3 is 0 Å². The summed E-state index contributed by atoms with van der Waals surface area (Å²) in [6.07, 6.45) is 5.42. The van der Waals surface area contributed by atoms with Crippen LogP contribution in [0.2, 0.25) is 5.15 Å². The number of halogens is 1. The molecule has 0 radical (unpaired) electrons. The molecule has 0 bridgehead atoms. The number of pyridine rings is 2. The predicted molar refractivity (Wildman–Crippen MR) is 108 cm³/mol. The molecule has 4 rings (SSSR count). The van der Waals surface area contributed by atoms with Crippen molar-refractivity contribution in [2.24, 2.45) is 7.05 Å². The maximum absolute atomic E-state index is 13.3. The first-order valence-corrected chi connectivity index (χ1v) is 9.05. The molecule has 0 spiro atoms. The van der Waals surface area contributed by atoms with Gasteiger partial charge in [0.1, 0.15) is 5.15 Å². The summed E-state index contributed by atoms with van der Waals surface area (Å²) in [6.45, 7) is -1.59. The molecule has 1 aliphatic rings. The highest BCUT2D eigenvalue weighted by Crippen LogP contribution is 2.29. The lowest BCUT2D eigenvalue weighted by molar-refractivity contribution is 0.0963. The summed E-state index contributed by atoms with van der Waals surface area (Å²) >= 11 is 6.01. The lowest BCUT2D eigenvalue weighted by atomic mass is 10.2. The molecular formula is C19H20ClN5O3. The number of nitrogens with one attached hydrogen (secondary N) is 2. The van der Waals surface area contributed by atoms with E-state index in [4.69, 9.17) is 20.5 Å². The van der Waals surface area contributed by atoms with Gasteiger partial charge in [0.25, 0.3) is 11.5 Å². The molecule has 0 unspecified atom stereocenters. The van der Waals surface area contributed by atoms with Gasteiger partial charge in [0.15, 0.2) is 0 Å². The number of fused-ring (bicyclic) bond motifs is 1. The fraction of sp³-hybridized carbons (Fsp3) is 0.316. The van der Waals surface area contributed by atoms with Crippen molar-refractivity contribution in [1.82, 2.24) is 19.4 Å². The molecule has 3 aromatic rings. The van der Waals surface area contributed by atoms with Crippen LogP contribution >= 0.6 is 11.6 Å². The van der Waals surface area contributed by atoms with E-state index >= 15 is 0 Å². The van der Waals surface area contributed by atoms with E-state index in [1.54, 1.807) is 28.6 Å². The first-order valence-electron chi connectivity index (χ1n) is 10.2. The van der Waals surface area contributed by atoms with Gasteiger partial charge in [0, 0.05) is 43.3 Å². The third-order valence-electron chi connectivity index (χ3n) is 4.87. The minimum absolute atomic E-state index is 0.0158. The highest BCUT2D eigenvalue weighted by molar-refractivity contribution is 6.29. The summed E-state index contributed by atoms with van der Waals surface area (Å²) in [5, 5.41) is 5.54. The molecule has 0 aliphatic carbocycles. The Morgan fingerprint density at radius 3 is 3.07 bits per heavy atom. The summed E-state index contributed by atoms with van der Waals surface area (Å²) in [5.74, 6) is -0.840. The van der Waals surface area contributed by atoms with Crippen molar-refractivity contribution < 1.29 is 13.6 Å². The Kier molecular flexibility index (Phi) is 3.94. The zero-order valence-corrected chi connectivity index (χ0v) is 15.8. The minimum atomic E-state index is -2.66. The Morgan fingerprint density at radius 2 is 2.32 bits per heavy atom. The molecule has 0 aromatic carbocycles. The number of ether oxygens (including phenoxy) is 1. The van der Waals surface area contributed by atoms with Crippen molar-refractivity contribution in [3.63, 3.8) is 0 Å². The van der Waals surface area contributed by atoms with Crippen molar-refractivity contribution in [2.45, 2.75) is 12.5 Å². The van der Waals surface area contributed by atoms with Gasteiger partial charge in [-0.05, 0) is 18.6 Å². The van der Waals surface area contributed by atoms with Gasteiger partial charge in [-0.3, -0.25) is 9.59 Å². The number of carbonyl (C=O) groups excluding carboxylic acids is 1. The van der Waals surface area contributed by atoms with Gasteiger partial charge in [-0.25, -0.2) is 4.98 Å². The van der Waals surface area contributed by atoms with Crippen molar-refractivity contribution in [2.75, 3.05) is 25.5 Å². The number of aromatic nitrogens is 3. The van der Waals surface area contributed by atoms with Crippen LogP contribution in [0.1, 0.15) is 26.9 Å². The summed E-state index contributed by atoms with van der Waals surface area (Å²) in [7, 11) is 1.80. The van der Waals surface area contributed by atoms with E-state index in [9.17, 15) is 9.59 Å². The lowest BCUT2D eigenvalue weighted by Crippen LogP contribution is -2.24. The van der Waals surface area contributed by atoms with Crippen LogP contribution in [0.3, 0.4) is 0 Å². The van der Waals surface area contributed by atoms with Crippen LogP contribution in [-0.2, 0) is 11.8 Å². The standard InChI is InChI=1S/C19H20ClN5O3/c1-21-18(26)12-8-22-16(20)7-13(12)23-14-9-24(2)15-3-5-25(19(27)17(14)15)11-4-6-28-10-11/h3,5,7-9,11H,4,6,10H2,1-2H3,(H,21,26)(H,22,23)/t11-/m0/s1/i1D3. The van der Waals surface area contributed by atoms with Gasteiger partial charge < -0.3 is 24.5 Å². The maximum atomic E-state index is 13.3. The SMILES string of the molecule is [2H]C([2H])([2H])NC(=O)c1cnc(Cl)cc1Nc1cn(C)c2ccn([C@H]3CCOC3)c(=O)c12.